The zero-order valence-electron chi connectivity index (χ0n) is 9.02. The van der Waals surface area contributed by atoms with E-state index in [4.69, 9.17) is 5.73 Å². The molecule has 1 atom stereocenters. The maximum absolute atomic E-state index is 5.76. The van der Waals surface area contributed by atoms with Crippen LogP contribution in [-0.2, 0) is 0 Å². The molecule has 1 aliphatic heterocycles. The van der Waals surface area contributed by atoms with Crippen LogP contribution in [0.2, 0.25) is 0 Å². The molecule has 0 bridgehead atoms. The van der Waals surface area contributed by atoms with Gasteiger partial charge in [0.25, 0.3) is 0 Å². The monoisotopic (exact) mass is 227 g/mol. The summed E-state index contributed by atoms with van der Waals surface area (Å²) in [4.78, 5) is 6.75. The van der Waals surface area contributed by atoms with Crippen LogP contribution in [0.4, 0.5) is 5.82 Å². The maximum atomic E-state index is 5.76. The first kappa shape index (κ1) is 12.3. The summed E-state index contributed by atoms with van der Waals surface area (Å²) in [6.45, 7) is 4.27. The van der Waals surface area contributed by atoms with Crippen LogP contribution in [0, 0.1) is 0 Å². The van der Waals surface area contributed by atoms with E-state index in [2.05, 4.69) is 22.0 Å². The van der Waals surface area contributed by atoms with Gasteiger partial charge in [-0.15, -0.1) is 12.4 Å². The van der Waals surface area contributed by atoms with Crippen LogP contribution in [0.1, 0.15) is 31.4 Å². The summed E-state index contributed by atoms with van der Waals surface area (Å²) in [5.41, 5.74) is 6.87. The fourth-order valence-electron chi connectivity index (χ4n) is 1.80. The van der Waals surface area contributed by atoms with Crippen molar-refractivity contribution in [3.05, 3.63) is 23.9 Å². The van der Waals surface area contributed by atoms with E-state index in [1.165, 1.54) is 12.8 Å². The van der Waals surface area contributed by atoms with Crippen molar-refractivity contribution >= 4 is 18.2 Å². The fourth-order valence-corrected chi connectivity index (χ4v) is 1.80. The van der Waals surface area contributed by atoms with Gasteiger partial charge >= 0.3 is 0 Å². The number of nitrogens with zero attached hydrogens (tertiary/aromatic N) is 2. The Kier molecular flexibility index (Phi) is 4.36. The average Bonchev–Trinajstić information content (AvgIpc) is 2.71. The van der Waals surface area contributed by atoms with Crippen molar-refractivity contribution in [2.45, 2.75) is 25.8 Å². The minimum absolute atomic E-state index is 0. The summed E-state index contributed by atoms with van der Waals surface area (Å²) in [5, 5.41) is 0. The van der Waals surface area contributed by atoms with Crippen molar-refractivity contribution < 1.29 is 0 Å². The van der Waals surface area contributed by atoms with E-state index >= 15 is 0 Å². The van der Waals surface area contributed by atoms with Crippen molar-refractivity contribution in [1.82, 2.24) is 4.98 Å². The highest BCUT2D eigenvalue weighted by Crippen LogP contribution is 2.18. The van der Waals surface area contributed by atoms with E-state index in [1.807, 2.05) is 13.1 Å². The molecule has 1 fully saturated rings. The fraction of sp³-hybridized carbons (Fsp3) is 0.545. The summed E-state index contributed by atoms with van der Waals surface area (Å²) in [7, 11) is 0. The molecule has 84 valence electrons. The summed E-state index contributed by atoms with van der Waals surface area (Å²) >= 11 is 0. The molecule has 2 heterocycles. The molecule has 0 saturated carbocycles. The van der Waals surface area contributed by atoms with Gasteiger partial charge < -0.3 is 10.6 Å². The number of nitrogens with two attached hydrogens (primary N) is 1. The van der Waals surface area contributed by atoms with Crippen LogP contribution < -0.4 is 10.6 Å². The molecular weight excluding hydrogens is 210 g/mol. The zero-order valence-corrected chi connectivity index (χ0v) is 9.83. The highest BCUT2D eigenvalue weighted by molar-refractivity contribution is 5.85. The number of rotatable bonds is 2. The van der Waals surface area contributed by atoms with Gasteiger partial charge in [-0.1, -0.05) is 6.07 Å². The van der Waals surface area contributed by atoms with Crippen molar-refractivity contribution in [2.75, 3.05) is 18.0 Å². The second kappa shape index (κ2) is 5.33. The van der Waals surface area contributed by atoms with Crippen LogP contribution in [-0.4, -0.2) is 18.1 Å². The normalized spacial score (nSPS) is 17.3. The molecule has 2 rings (SSSR count). The molecule has 1 aliphatic rings. The maximum Gasteiger partial charge on any atom is 0.128 e. The number of anilines is 1. The molecule has 2 N–H and O–H groups in total. The Morgan fingerprint density at radius 2 is 2.00 bits per heavy atom. The van der Waals surface area contributed by atoms with E-state index in [-0.39, 0.29) is 18.4 Å². The molecule has 0 radical (unpaired) electrons. The van der Waals surface area contributed by atoms with Gasteiger partial charge in [0, 0.05) is 25.3 Å². The number of hydrogen-bond acceptors (Lipinski definition) is 3. The Morgan fingerprint density at radius 1 is 1.33 bits per heavy atom. The largest absolute Gasteiger partial charge is 0.357 e. The Morgan fingerprint density at radius 3 is 2.47 bits per heavy atom. The topological polar surface area (TPSA) is 42.1 Å². The molecule has 1 saturated heterocycles. The molecule has 1 unspecified atom stereocenters. The zero-order chi connectivity index (χ0) is 9.97. The predicted octanol–water partition coefficient (Wildman–Crippen LogP) is 2.12. The standard InChI is InChI=1S/C11H17N3.ClH/c1-9(12)10-4-5-11(13-8-10)14-6-2-3-7-14;/h4-5,8-9H,2-3,6-7,12H2,1H3;1H. The third kappa shape index (κ3) is 2.83. The van der Waals surface area contributed by atoms with Crippen LogP contribution in [0.3, 0.4) is 0 Å². The van der Waals surface area contributed by atoms with E-state index in [0.29, 0.717) is 0 Å². The summed E-state index contributed by atoms with van der Waals surface area (Å²) in [5.74, 6) is 1.09. The number of halogens is 1. The van der Waals surface area contributed by atoms with Crippen LogP contribution in [0.5, 0.6) is 0 Å². The van der Waals surface area contributed by atoms with E-state index in [1.54, 1.807) is 0 Å². The lowest BCUT2D eigenvalue weighted by Crippen LogP contribution is -2.19. The van der Waals surface area contributed by atoms with Gasteiger partial charge in [0.15, 0.2) is 0 Å². The first-order valence-corrected chi connectivity index (χ1v) is 5.24. The van der Waals surface area contributed by atoms with E-state index in [0.717, 1.165) is 24.5 Å². The minimum Gasteiger partial charge on any atom is -0.357 e. The van der Waals surface area contributed by atoms with Crippen molar-refractivity contribution in [2.24, 2.45) is 5.73 Å². The molecule has 3 nitrogen and oxygen atoms in total. The molecule has 0 amide bonds. The van der Waals surface area contributed by atoms with Gasteiger partial charge in [0.05, 0.1) is 0 Å². The summed E-state index contributed by atoms with van der Waals surface area (Å²) in [6, 6.07) is 4.23. The Balaban J connectivity index is 0.00000112. The second-order valence-electron chi connectivity index (χ2n) is 3.93. The lowest BCUT2D eigenvalue weighted by Gasteiger charge is -2.16. The Labute approximate surface area is 97.1 Å². The molecule has 0 aromatic carbocycles. The minimum atomic E-state index is 0. The summed E-state index contributed by atoms with van der Waals surface area (Å²) in [6.07, 6.45) is 4.46. The van der Waals surface area contributed by atoms with Crippen LogP contribution in [0.25, 0.3) is 0 Å². The molecule has 15 heavy (non-hydrogen) atoms. The number of hydrogen-bond donors (Lipinski definition) is 1. The Bertz CT molecular complexity index is 291. The lowest BCUT2D eigenvalue weighted by atomic mass is 10.1. The van der Waals surface area contributed by atoms with Crippen molar-refractivity contribution in [3.8, 4) is 0 Å². The highest BCUT2D eigenvalue weighted by Gasteiger charge is 2.13. The smallest absolute Gasteiger partial charge is 0.128 e. The molecule has 0 spiro atoms. The SMILES string of the molecule is CC(N)c1ccc(N2CCCC2)nc1.Cl. The van der Waals surface area contributed by atoms with Gasteiger partial charge in [-0.3, -0.25) is 0 Å². The highest BCUT2D eigenvalue weighted by atomic mass is 35.5. The van der Waals surface area contributed by atoms with Crippen molar-refractivity contribution in [3.63, 3.8) is 0 Å². The van der Waals surface area contributed by atoms with Gasteiger partial charge in [0.1, 0.15) is 5.82 Å². The van der Waals surface area contributed by atoms with E-state index in [9.17, 15) is 0 Å². The molecule has 1 aromatic heterocycles. The predicted molar refractivity (Wildman–Crippen MR) is 65.5 cm³/mol. The molecule has 1 aromatic rings. The third-order valence-electron chi connectivity index (χ3n) is 2.73. The number of aromatic nitrogens is 1. The Hall–Kier alpha value is -0.800. The van der Waals surface area contributed by atoms with E-state index < -0.39 is 0 Å². The lowest BCUT2D eigenvalue weighted by molar-refractivity contribution is 0.808. The number of pyridine rings is 1. The van der Waals surface area contributed by atoms with Gasteiger partial charge in [0.2, 0.25) is 0 Å². The van der Waals surface area contributed by atoms with Gasteiger partial charge in [-0.2, -0.15) is 0 Å². The third-order valence-corrected chi connectivity index (χ3v) is 2.73. The quantitative estimate of drug-likeness (QED) is 0.842. The van der Waals surface area contributed by atoms with Crippen molar-refractivity contribution in [1.29, 1.82) is 0 Å². The molecule has 4 heteroatoms. The van der Waals surface area contributed by atoms with Crippen LogP contribution >= 0.6 is 12.4 Å². The molecular formula is C11H18ClN3. The first-order chi connectivity index (χ1) is 6.77. The van der Waals surface area contributed by atoms with Gasteiger partial charge in [-0.05, 0) is 31.4 Å². The summed E-state index contributed by atoms with van der Waals surface area (Å²) < 4.78 is 0. The molecule has 0 aliphatic carbocycles. The van der Waals surface area contributed by atoms with Gasteiger partial charge in [-0.25, -0.2) is 4.98 Å². The van der Waals surface area contributed by atoms with Crippen LogP contribution in [0.15, 0.2) is 18.3 Å². The second-order valence-corrected chi connectivity index (χ2v) is 3.93. The first-order valence-electron chi connectivity index (χ1n) is 5.24. The average molecular weight is 228 g/mol.